The molecule has 0 unspecified atom stereocenters. The van der Waals surface area contributed by atoms with E-state index in [1.807, 2.05) is 0 Å². The first-order valence-electron chi connectivity index (χ1n) is 6.03. The largest absolute Gasteiger partial charge is 0.452 e. The first-order chi connectivity index (χ1) is 10.0. The molecule has 21 heavy (non-hydrogen) atoms. The number of ether oxygens (including phenoxy) is 1. The molecule has 1 amide bonds. The molecule has 0 radical (unpaired) electrons. The van der Waals surface area contributed by atoms with Crippen LogP contribution in [-0.4, -0.2) is 18.5 Å². The highest BCUT2D eigenvalue weighted by molar-refractivity contribution is 6.30. The maximum atomic E-state index is 13.0. The molecular weight excluding hydrogens is 297 g/mol. The molecule has 6 heteroatoms. The summed E-state index contributed by atoms with van der Waals surface area (Å²) in [6.07, 6.45) is 0. The number of halogens is 2. The van der Waals surface area contributed by atoms with E-state index in [4.69, 9.17) is 16.3 Å². The van der Waals surface area contributed by atoms with Gasteiger partial charge in [-0.2, -0.15) is 0 Å². The zero-order chi connectivity index (χ0) is 15.2. The number of benzene rings is 2. The van der Waals surface area contributed by atoms with Crippen molar-refractivity contribution in [3.05, 3.63) is 64.9 Å². The fourth-order valence-electron chi connectivity index (χ4n) is 1.59. The van der Waals surface area contributed by atoms with E-state index < -0.39 is 24.3 Å². The van der Waals surface area contributed by atoms with Crippen LogP contribution in [0.25, 0.3) is 0 Å². The predicted octanol–water partition coefficient (Wildman–Crippen LogP) is 3.27. The van der Waals surface area contributed by atoms with Crippen LogP contribution in [0.5, 0.6) is 0 Å². The van der Waals surface area contributed by atoms with Gasteiger partial charge in [-0.25, -0.2) is 9.18 Å². The average Bonchev–Trinajstić information content (AvgIpc) is 2.45. The molecule has 0 aliphatic rings. The van der Waals surface area contributed by atoms with Gasteiger partial charge in [0.1, 0.15) is 5.82 Å². The van der Waals surface area contributed by atoms with Crippen molar-refractivity contribution in [1.82, 2.24) is 0 Å². The first-order valence-corrected chi connectivity index (χ1v) is 6.40. The van der Waals surface area contributed by atoms with Crippen molar-refractivity contribution in [2.45, 2.75) is 0 Å². The number of amides is 1. The minimum absolute atomic E-state index is 0.0468. The molecule has 0 spiro atoms. The molecule has 0 atom stereocenters. The van der Waals surface area contributed by atoms with Crippen LogP contribution >= 0.6 is 11.6 Å². The standard InChI is InChI=1S/C15H11ClFNO3/c16-11-4-2-6-13(8-11)18-14(19)9-21-15(20)10-3-1-5-12(17)7-10/h1-8H,9H2,(H,18,19). The van der Waals surface area contributed by atoms with E-state index in [0.29, 0.717) is 10.7 Å². The first kappa shape index (κ1) is 15.0. The highest BCUT2D eigenvalue weighted by atomic mass is 35.5. The van der Waals surface area contributed by atoms with Crippen molar-refractivity contribution < 1.29 is 18.7 Å². The molecule has 0 fully saturated rings. The van der Waals surface area contributed by atoms with Gasteiger partial charge in [-0.15, -0.1) is 0 Å². The molecule has 1 N–H and O–H groups in total. The van der Waals surface area contributed by atoms with E-state index >= 15 is 0 Å². The van der Waals surface area contributed by atoms with Gasteiger partial charge in [0.15, 0.2) is 6.61 Å². The zero-order valence-corrected chi connectivity index (χ0v) is 11.6. The number of carbonyl (C=O) groups is 2. The SMILES string of the molecule is O=C(COC(=O)c1cccc(F)c1)Nc1cccc(Cl)c1. The van der Waals surface area contributed by atoms with E-state index in [9.17, 15) is 14.0 Å². The summed E-state index contributed by atoms with van der Waals surface area (Å²) < 4.78 is 17.7. The lowest BCUT2D eigenvalue weighted by atomic mass is 10.2. The summed E-state index contributed by atoms with van der Waals surface area (Å²) in [5.74, 6) is -1.83. The Kier molecular flexibility index (Phi) is 4.90. The third-order valence-corrected chi connectivity index (χ3v) is 2.74. The highest BCUT2D eigenvalue weighted by Gasteiger charge is 2.11. The summed E-state index contributed by atoms with van der Waals surface area (Å²) in [5, 5.41) is 3.00. The van der Waals surface area contributed by atoms with Gasteiger partial charge in [-0.3, -0.25) is 4.79 Å². The fourth-order valence-corrected chi connectivity index (χ4v) is 1.78. The van der Waals surface area contributed by atoms with Gasteiger partial charge in [0.2, 0.25) is 0 Å². The van der Waals surface area contributed by atoms with Crippen molar-refractivity contribution in [1.29, 1.82) is 0 Å². The van der Waals surface area contributed by atoms with E-state index in [1.54, 1.807) is 24.3 Å². The van der Waals surface area contributed by atoms with Crippen LogP contribution in [0.4, 0.5) is 10.1 Å². The van der Waals surface area contributed by atoms with Gasteiger partial charge in [-0.05, 0) is 36.4 Å². The Labute approximate surface area is 125 Å². The Morgan fingerprint density at radius 1 is 1.14 bits per heavy atom. The molecule has 4 nitrogen and oxygen atoms in total. The molecule has 0 aliphatic carbocycles. The lowest BCUT2D eigenvalue weighted by Gasteiger charge is -2.07. The number of hydrogen-bond acceptors (Lipinski definition) is 3. The maximum absolute atomic E-state index is 13.0. The summed E-state index contributed by atoms with van der Waals surface area (Å²) in [6, 6.07) is 11.6. The van der Waals surface area contributed by atoms with Crippen LogP contribution in [-0.2, 0) is 9.53 Å². The molecule has 108 valence electrons. The topological polar surface area (TPSA) is 55.4 Å². The van der Waals surface area contributed by atoms with Gasteiger partial charge < -0.3 is 10.1 Å². The second kappa shape index (κ2) is 6.85. The van der Waals surface area contributed by atoms with Crippen molar-refractivity contribution in [2.75, 3.05) is 11.9 Å². The molecule has 0 saturated heterocycles. The number of carbonyl (C=O) groups excluding carboxylic acids is 2. The number of esters is 1. The zero-order valence-electron chi connectivity index (χ0n) is 10.8. The predicted molar refractivity (Wildman–Crippen MR) is 76.8 cm³/mol. The second-order valence-corrected chi connectivity index (χ2v) is 4.58. The van der Waals surface area contributed by atoms with Crippen molar-refractivity contribution in [3.63, 3.8) is 0 Å². The fraction of sp³-hybridized carbons (Fsp3) is 0.0667. The summed E-state index contributed by atoms with van der Waals surface area (Å²) in [5.41, 5.74) is 0.542. The number of anilines is 1. The molecular formula is C15H11ClFNO3. The Bertz CT molecular complexity index is 675. The van der Waals surface area contributed by atoms with E-state index in [2.05, 4.69) is 5.32 Å². The Balaban J connectivity index is 1.88. The second-order valence-electron chi connectivity index (χ2n) is 4.15. The molecule has 0 aliphatic heterocycles. The minimum atomic E-state index is -0.768. The average molecular weight is 308 g/mol. The molecule has 2 rings (SSSR count). The minimum Gasteiger partial charge on any atom is -0.452 e. The van der Waals surface area contributed by atoms with E-state index in [-0.39, 0.29) is 5.56 Å². The van der Waals surface area contributed by atoms with Crippen molar-refractivity contribution in [3.8, 4) is 0 Å². The van der Waals surface area contributed by atoms with Gasteiger partial charge in [0.25, 0.3) is 5.91 Å². The van der Waals surface area contributed by atoms with Gasteiger partial charge in [0, 0.05) is 10.7 Å². The van der Waals surface area contributed by atoms with Crippen molar-refractivity contribution >= 4 is 29.2 Å². The van der Waals surface area contributed by atoms with Gasteiger partial charge in [-0.1, -0.05) is 23.7 Å². The Morgan fingerprint density at radius 2 is 1.90 bits per heavy atom. The van der Waals surface area contributed by atoms with E-state index in [1.165, 1.54) is 18.2 Å². The maximum Gasteiger partial charge on any atom is 0.338 e. The third-order valence-electron chi connectivity index (χ3n) is 2.50. The number of hydrogen-bond donors (Lipinski definition) is 1. The van der Waals surface area contributed by atoms with Crippen LogP contribution in [0, 0.1) is 5.82 Å². The van der Waals surface area contributed by atoms with Crippen LogP contribution in [0.3, 0.4) is 0 Å². The van der Waals surface area contributed by atoms with Crippen molar-refractivity contribution in [2.24, 2.45) is 0 Å². The quantitative estimate of drug-likeness (QED) is 0.882. The Morgan fingerprint density at radius 3 is 2.62 bits per heavy atom. The van der Waals surface area contributed by atoms with Crippen LogP contribution in [0.1, 0.15) is 10.4 Å². The molecule has 0 aromatic heterocycles. The normalized spacial score (nSPS) is 10.0. The van der Waals surface area contributed by atoms with E-state index in [0.717, 1.165) is 6.07 Å². The lowest BCUT2D eigenvalue weighted by Crippen LogP contribution is -2.20. The lowest BCUT2D eigenvalue weighted by molar-refractivity contribution is -0.119. The molecule has 0 bridgehead atoms. The monoisotopic (exact) mass is 307 g/mol. The highest BCUT2D eigenvalue weighted by Crippen LogP contribution is 2.14. The summed E-state index contributed by atoms with van der Waals surface area (Å²) in [6.45, 7) is -0.470. The van der Waals surface area contributed by atoms with Gasteiger partial charge >= 0.3 is 5.97 Å². The third kappa shape index (κ3) is 4.57. The molecule has 2 aromatic rings. The van der Waals surface area contributed by atoms with Crippen LogP contribution < -0.4 is 5.32 Å². The van der Waals surface area contributed by atoms with Crippen LogP contribution in [0.2, 0.25) is 5.02 Å². The number of rotatable bonds is 4. The molecule has 0 heterocycles. The summed E-state index contributed by atoms with van der Waals surface area (Å²) >= 11 is 5.78. The molecule has 0 saturated carbocycles. The van der Waals surface area contributed by atoms with Crippen LogP contribution in [0.15, 0.2) is 48.5 Å². The summed E-state index contributed by atoms with van der Waals surface area (Å²) in [7, 11) is 0. The Hall–Kier alpha value is -2.40. The molecule has 2 aromatic carbocycles. The smallest absolute Gasteiger partial charge is 0.338 e. The van der Waals surface area contributed by atoms with Gasteiger partial charge in [0.05, 0.1) is 5.56 Å². The number of nitrogens with one attached hydrogen (secondary N) is 1. The summed E-state index contributed by atoms with van der Waals surface area (Å²) in [4.78, 5) is 23.2.